The van der Waals surface area contributed by atoms with E-state index in [0.717, 1.165) is 16.6 Å². The largest absolute Gasteiger partial charge is 0.508 e. The second kappa shape index (κ2) is 5.84. The first kappa shape index (κ1) is 13.0. The molecule has 0 saturated heterocycles. The quantitative estimate of drug-likeness (QED) is 0.346. The molecule has 0 unspecified atom stereocenters. The van der Waals surface area contributed by atoms with Crippen molar-refractivity contribution >= 4 is 0 Å². The van der Waals surface area contributed by atoms with Gasteiger partial charge in [-0.05, 0) is 17.7 Å². The van der Waals surface area contributed by atoms with Crippen LogP contribution in [0.2, 0.25) is 0 Å². The van der Waals surface area contributed by atoms with Crippen molar-refractivity contribution in [3.8, 4) is 5.75 Å². The molecule has 1 aromatic rings. The van der Waals surface area contributed by atoms with Crippen molar-refractivity contribution in [2.45, 2.75) is 6.61 Å². The molecule has 16 heavy (non-hydrogen) atoms. The molecule has 0 atom stereocenters. The molecule has 0 fully saturated rings. The van der Waals surface area contributed by atoms with Crippen molar-refractivity contribution < 1.29 is 19.4 Å². The number of likely N-dealkylation sites (N-methyl/N-ethyl adjacent to an activating group) is 1. The van der Waals surface area contributed by atoms with Crippen LogP contribution in [0.25, 0.3) is 0 Å². The molecular formula is C12H20NO3+. The maximum atomic E-state index is 9.08. The van der Waals surface area contributed by atoms with Gasteiger partial charge in [0.2, 0.25) is 0 Å². The van der Waals surface area contributed by atoms with Crippen LogP contribution in [0.15, 0.2) is 24.3 Å². The molecule has 0 saturated carbocycles. The highest BCUT2D eigenvalue weighted by Gasteiger charge is 2.06. The van der Waals surface area contributed by atoms with Crippen molar-refractivity contribution in [1.82, 2.24) is 0 Å². The van der Waals surface area contributed by atoms with Crippen LogP contribution in [-0.2, 0) is 16.4 Å². The number of rotatable bonds is 6. The maximum Gasteiger partial charge on any atom is 0.131 e. The van der Waals surface area contributed by atoms with E-state index >= 15 is 0 Å². The fourth-order valence-corrected chi connectivity index (χ4v) is 1.07. The number of phenolic OH excluding ortho intramolecular Hbond substituents is 1. The van der Waals surface area contributed by atoms with Gasteiger partial charge in [-0.2, -0.15) is 0 Å². The minimum atomic E-state index is 0.259. The van der Waals surface area contributed by atoms with Crippen LogP contribution in [0, 0.1) is 0 Å². The average Bonchev–Trinajstić information content (AvgIpc) is 2.19. The standard InChI is InChI=1S/C12H19NO3/c1-13(2,3)8-9-15-16-10-11-4-6-12(14)7-5-11/h4-7H,8-10H2,1-3H3/p+1. The van der Waals surface area contributed by atoms with Gasteiger partial charge in [-0.25, -0.2) is 9.78 Å². The van der Waals surface area contributed by atoms with Gasteiger partial charge in [0.15, 0.2) is 0 Å². The maximum absolute atomic E-state index is 9.08. The Kier molecular flexibility index (Phi) is 4.73. The Morgan fingerprint density at radius 3 is 2.25 bits per heavy atom. The minimum absolute atomic E-state index is 0.259. The molecule has 4 heteroatoms. The molecule has 90 valence electrons. The van der Waals surface area contributed by atoms with Crippen LogP contribution in [0.1, 0.15) is 5.56 Å². The molecule has 0 aliphatic rings. The van der Waals surface area contributed by atoms with E-state index in [1.807, 2.05) is 0 Å². The van der Waals surface area contributed by atoms with Gasteiger partial charge in [0.05, 0.1) is 21.1 Å². The van der Waals surface area contributed by atoms with Crippen LogP contribution < -0.4 is 0 Å². The van der Waals surface area contributed by atoms with Gasteiger partial charge >= 0.3 is 0 Å². The average molecular weight is 226 g/mol. The molecule has 4 nitrogen and oxygen atoms in total. The lowest BCUT2D eigenvalue weighted by Gasteiger charge is -2.23. The van der Waals surface area contributed by atoms with E-state index in [1.165, 1.54) is 0 Å². The van der Waals surface area contributed by atoms with Crippen LogP contribution in [0.4, 0.5) is 0 Å². The first-order valence-electron chi connectivity index (χ1n) is 5.30. The summed E-state index contributed by atoms with van der Waals surface area (Å²) in [7, 11) is 6.30. The lowest BCUT2D eigenvalue weighted by molar-refractivity contribution is -0.871. The lowest BCUT2D eigenvalue weighted by Crippen LogP contribution is -2.37. The summed E-state index contributed by atoms with van der Waals surface area (Å²) >= 11 is 0. The Bertz CT molecular complexity index is 303. The Morgan fingerprint density at radius 1 is 1.06 bits per heavy atom. The number of quaternary nitrogens is 1. The molecular weight excluding hydrogens is 206 g/mol. The van der Waals surface area contributed by atoms with E-state index in [1.54, 1.807) is 24.3 Å². The Labute approximate surface area is 96.5 Å². The molecule has 0 aliphatic carbocycles. The van der Waals surface area contributed by atoms with E-state index in [0.29, 0.717) is 13.2 Å². The fraction of sp³-hybridized carbons (Fsp3) is 0.500. The van der Waals surface area contributed by atoms with Gasteiger partial charge in [-0.15, -0.1) is 0 Å². The highest BCUT2D eigenvalue weighted by Crippen LogP contribution is 2.10. The Hall–Kier alpha value is -1.10. The smallest absolute Gasteiger partial charge is 0.131 e. The molecule has 0 aliphatic heterocycles. The summed E-state index contributed by atoms with van der Waals surface area (Å²) < 4.78 is 0.850. The van der Waals surface area contributed by atoms with E-state index in [4.69, 9.17) is 14.9 Å². The zero-order valence-electron chi connectivity index (χ0n) is 10.1. The fourth-order valence-electron chi connectivity index (χ4n) is 1.07. The Balaban J connectivity index is 2.14. The van der Waals surface area contributed by atoms with Crippen LogP contribution >= 0.6 is 0 Å². The van der Waals surface area contributed by atoms with Crippen molar-refractivity contribution in [2.75, 3.05) is 34.3 Å². The molecule has 0 bridgehead atoms. The summed E-state index contributed by atoms with van der Waals surface area (Å²) in [5.41, 5.74) is 0.975. The molecule has 0 spiro atoms. The molecule has 0 aromatic heterocycles. The summed E-state index contributed by atoms with van der Waals surface area (Å²) in [6.45, 7) is 1.87. The second-order valence-corrected chi connectivity index (χ2v) is 4.76. The van der Waals surface area contributed by atoms with Gasteiger partial charge in [-0.1, -0.05) is 12.1 Å². The predicted octanol–water partition coefficient (Wildman–Crippen LogP) is 1.55. The summed E-state index contributed by atoms with van der Waals surface area (Å²) in [5, 5.41) is 9.08. The number of phenols is 1. The molecule has 1 aromatic carbocycles. The van der Waals surface area contributed by atoms with Gasteiger partial charge in [0.25, 0.3) is 0 Å². The van der Waals surface area contributed by atoms with Gasteiger partial charge in [0, 0.05) is 0 Å². The zero-order chi connectivity index (χ0) is 12.0. The van der Waals surface area contributed by atoms with Crippen molar-refractivity contribution in [3.63, 3.8) is 0 Å². The number of benzene rings is 1. The van der Waals surface area contributed by atoms with Crippen molar-refractivity contribution in [3.05, 3.63) is 29.8 Å². The first-order chi connectivity index (χ1) is 7.47. The van der Waals surface area contributed by atoms with E-state index in [9.17, 15) is 0 Å². The first-order valence-corrected chi connectivity index (χ1v) is 5.30. The predicted molar refractivity (Wildman–Crippen MR) is 61.7 cm³/mol. The van der Waals surface area contributed by atoms with Gasteiger partial charge < -0.3 is 9.59 Å². The van der Waals surface area contributed by atoms with Crippen molar-refractivity contribution in [2.24, 2.45) is 0 Å². The second-order valence-electron chi connectivity index (χ2n) is 4.76. The minimum Gasteiger partial charge on any atom is -0.508 e. The zero-order valence-corrected chi connectivity index (χ0v) is 10.1. The van der Waals surface area contributed by atoms with E-state index in [2.05, 4.69) is 21.1 Å². The SMILES string of the molecule is C[N+](C)(C)CCOOCc1ccc(O)cc1. The number of hydrogen-bond acceptors (Lipinski definition) is 3. The van der Waals surface area contributed by atoms with Gasteiger partial charge in [0.1, 0.15) is 25.5 Å². The van der Waals surface area contributed by atoms with Crippen molar-refractivity contribution in [1.29, 1.82) is 0 Å². The number of nitrogens with zero attached hydrogens (tertiary/aromatic N) is 1. The van der Waals surface area contributed by atoms with E-state index in [-0.39, 0.29) is 5.75 Å². The summed E-state index contributed by atoms with van der Waals surface area (Å²) in [4.78, 5) is 10.1. The molecule has 0 heterocycles. The van der Waals surface area contributed by atoms with Gasteiger partial charge in [-0.3, -0.25) is 0 Å². The Morgan fingerprint density at radius 2 is 1.69 bits per heavy atom. The third-order valence-electron chi connectivity index (χ3n) is 2.09. The highest BCUT2D eigenvalue weighted by molar-refractivity contribution is 5.25. The van der Waals surface area contributed by atoms with Crippen LogP contribution in [-0.4, -0.2) is 43.9 Å². The lowest BCUT2D eigenvalue weighted by atomic mass is 10.2. The summed E-state index contributed by atoms with van der Waals surface area (Å²) in [6.07, 6.45) is 0. The van der Waals surface area contributed by atoms with Crippen LogP contribution in [0.3, 0.4) is 0 Å². The third-order valence-corrected chi connectivity index (χ3v) is 2.09. The molecule has 0 amide bonds. The number of aromatic hydroxyl groups is 1. The monoisotopic (exact) mass is 226 g/mol. The molecule has 0 radical (unpaired) electrons. The normalized spacial score (nSPS) is 11.7. The third kappa shape index (κ3) is 5.70. The highest BCUT2D eigenvalue weighted by atomic mass is 17.2. The molecule has 1 N–H and O–H groups in total. The van der Waals surface area contributed by atoms with E-state index < -0.39 is 0 Å². The van der Waals surface area contributed by atoms with Crippen LogP contribution in [0.5, 0.6) is 5.75 Å². The topological polar surface area (TPSA) is 38.7 Å². The summed E-state index contributed by atoms with van der Waals surface area (Å²) in [5.74, 6) is 0.259. The summed E-state index contributed by atoms with van der Waals surface area (Å²) in [6, 6.07) is 6.87. The molecule has 1 rings (SSSR count). The number of hydrogen-bond donors (Lipinski definition) is 1.